The SMILES string of the molecule is Cc1cc(C)c(OCC(=O)N[C@@H](Cc2ccccc2)[C@@H](O)C[C@H](Cc2ccccc2)NC(=O)[C@H](C(C)C)N2CCCNC2=O)c(C)c1. The first kappa shape index (κ1) is 35.5. The van der Waals surface area contributed by atoms with E-state index in [0.29, 0.717) is 31.7 Å². The van der Waals surface area contributed by atoms with Gasteiger partial charge in [-0.2, -0.15) is 0 Å². The topological polar surface area (TPSA) is 120 Å². The Bertz CT molecular complexity index is 1460. The summed E-state index contributed by atoms with van der Waals surface area (Å²) in [6.07, 6.45) is 0.827. The summed E-state index contributed by atoms with van der Waals surface area (Å²) in [5.41, 5.74) is 5.00. The van der Waals surface area contributed by atoms with E-state index in [1.54, 1.807) is 4.90 Å². The summed E-state index contributed by atoms with van der Waals surface area (Å²) in [5.74, 6) is -0.0410. The van der Waals surface area contributed by atoms with Crippen molar-refractivity contribution in [2.75, 3.05) is 19.7 Å². The van der Waals surface area contributed by atoms with Crippen molar-refractivity contribution in [3.8, 4) is 5.75 Å². The zero-order chi connectivity index (χ0) is 33.9. The predicted octanol–water partition coefficient (Wildman–Crippen LogP) is 4.64. The number of rotatable bonds is 15. The molecule has 9 nitrogen and oxygen atoms in total. The fraction of sp³-hybridized carbons (Fsp3) is 0.447. The minimum Gasteiger partial charge on any atom is -0.483 e. The molecule has 1 saturated heterocycles. The summed E-state index contributed by atoms with van der Waals surface area (Å²) in [6.45, 7) is 10.7. The number of aliphatic hydroxyl groups is 1. The number of benzene rings is 3. The van der Waals surface area contributed by atoms with Gasteiger partial charge in [0.05, 0.1) is 12.1 Å². The van der Waals surface area contributed by atoms with E-state index in [0.717, 1.165) is 34.2 Å². The summed E-state index contributed by atoms with van der Waals surface area (Å²) < 4.78 is 5.96. The van der Waals surface area contributed by atoms with E-state index in [4.69, 9.17) is 4.74 Å². The fourth-order valence-corrected chi connectivity index (χ4v) is 6.48. The molecule has 0 spiro atoms. The molecule has 47 heavy (non-hydrogen) atoms. The van der Waals surface area contributed by atoms with E-state index in [1.807, 2.05) is 107 Å². The van der Waals surface area contributed by atoms with Gasteiger partial charge in [0.25, 0.3) is 5.91 Å². The summed E-state index contributed by atoms with van der Waals surface area (Å²) >= 11 is 0. The third kappa shape index (κ3) is 10.3. The number of hydrogen-bond acceptors (Lipinski definition) is 5. The van der Waals surface area contributed by atoms with Gasteiger partial charge in [-0.3, -0.25) is 9.59 Å². The third-order valence-electron chi connectivity index (χ3n) is 8.61. The molecule has 1 aliphatic heterocycles. The van der Waals surface area contributed by atoms with Gasteiger partial charge in [0, 0.05) is 19.1 Å². The lowest BCUT2D eigenvalue weighted by Gasteiger charge is -2.37. The molecular weight excluding hydrogens is 592 g/mol. The number of carbonyl (C=O) groups is 3. The van der Waals surface area contributed by atoms with Crippen molar-refractivity contribution in [3.05, 3.63) is 101 Å². The zero-order valence-corrected chi connectivity index (χ0v) is 28.3. The molecule has 0 aromatic heterocycles. The number of ether oxygens (including phenoxy) is 1. The van der Waals surface area contributed by atoms with E-state index < -0.39 is 24.2 Å². The van der Waals surface area contributed by atoms with Crippen molar-refractivity contribution in [1.29, 1.82) is 0 Å². The number of urea groups is 1. The number of aryl methyl sites for hydroxylation is 3. The molecule has 4 rings (SSSR count). The van der Waals surface area contributed by atoms with Crippen LogP contribution in [-0.2, 0) is 22.4 Å². The van der Waals surface area contributed by atoms with Crippen molar-refractivity contribution in [1.82, 2.24) is 20.9 Å². The number of nitrogens with zero attached hydrogens (tertiary/aromatic N) is 1. The average Bonchev–Trinajstić information content (AvgIpc) is 3.02. The first-order valence-corrected chi connectivity index (χ1v) is 16.6. The van der Waals surface area contributed by atoms with Crippen LogP contribution in [-0.4, -0.2) is 71.8 Å². The minimum absolute atomic E-state index is 0.118. The van der Waals surface area contributed by atoms with Crippen LogP contribution in [0, 0.1) is 26.7 Å². The second-order valence-electron chi connectivity index (χ2n) is 13.0. The van der Waals surface area contributed by atoms with Gasteiger partial charge in [0.2, 0.25) is 5.91 Å². The standard InChI is InChI=1S/C38H50N4O5/c1-25(2)35(42-18-12-17-39-38(42)46)37(45)40-31(21-29-13-8-6-9-14-29)23-33(43)32(22-30-15-10-7-11-16-30)41-34(44)24-47-36-27(4)19-26(3)20-28(36)5/h6-11,13-16,19-20,25,31-33,35,43H,12,17-18,21-24H2,1-5H3,(H,39,46)(H,40,45)(H,41,44)/t31-,32-,33-,35-/m0/s1. The van der Waals surface area contributed by atoms with Crippen LogP contribution >= 0.6 is 0 Å². The Labute approximate surface area is 279 Å². The Balaban J connectivity index is 1.52. The molecule has 4 atom stereocenters. The second-order valence-corrected chi connectivity index (χ2v) is 13.0. The molecule has 1 heterocycles. The van der Waals surface area contributed by atoms with Crippen LogP contribution in [0.5, 0.6) is 5.75 Å². The first-order chi connectivity index (χ1) is 22.5. The lowest BCUT2D eigenvalue weighted by Crippen LogP contribution is -2.59. The number of carbonyl (C=O) groups excluding carboxylic acids is 3. The van der Waals surface area contributed by atoms with Crippen LogP contribution in [0.1, 0.15) is 54.5 Å². The molecule has 1 aliphatic rings. The average molecular weight is 643 g/mol. The van der Waals surface area contributed by atoms with Gasteiger partial charge in [-0.25, -0.2) is 4.79 Å². The molecule has 252 valence electrons. The smallest absolute Gasteiger partial charge is 0.318 e. The highest BCUT2D eigenvalue weighted by Crippen LogP contribution is 2.24. The number of nitrogens with one attached hydrogen (secondary N) is 3. The lowest BCUT2D eigenvalue weighted by molar-refractivity contribution is -0.128. The normalized spacial score (nSPS) is 15.7. The molecule has 0 bridgehead atoms. The zero-order valence-electron chi connectivity index (χ0n) is 28.3. The van der Waals surface area contributed by atoms with Gasteiger partial charge >= 0.3 is 6.03 Å². The maximum absolute atomic E-state index is 13.8. The first-order valence-electron chi connectivity index (χ1n) is 16.6. The van der Waals surface area contributed by atoms with Crippen LogP contribution in [0.2, 0.25) is 0 Å². The highest BCUT2D eigenvalue weighted by Gasteiger charge is 2.35. The van der Waals surface area contributed by atoms with E-state index in [-0.39, 0.29) is 36.8 Å². The quantitative estimate of drug-likeness (QED) is 0.193. The Kier molecular flexibility index (Phi) is 12.8. The molecule has 0 aliphatic carbocycles. The second kappa shape index (κ2) is 17.0. The van der Waals surface area contributed by atoms with Crippen molar-refractivity contribution >= 4 is 17.8 Å². The minimum atomic E-state index is -0.994. The molecule has 9 heteroatoms. The lowest BCUT2D eigenvalue weighted by atomic mass is 9.92. The molecule has 4 N–H and O–H groups in total. The number of hydrogen-bond donors (Lipinski definition) is 4. The highest BCUT2D eigenvalue weighted by atomic mass is 16.5. The van der Waals surface area contributed by atoms with Crippen LogP contribution in [0.4, 0.5) is 4.79 Å². The molecule has 1 fully saturated rings. The van der Waals surface area contributed by atoms with Gasteiger partial charge in [0.15, 0.2) is 6.61 Å². The van der Waals surface area contributed by atoms with Crippen molar-refractivity contribution in [2.45, 2.75) is 84.5 Å². The summed E-state index contributed by atoms with van der Waals surface area (Å²) in [5, 5.41) is 20.8. The molecule has 3 aromatic rings. The Morgan fingerprint density at radius 1 is 0.915 bits per heavy atom. The van der Waals surface area contributed by atoms with E-state index in [1.165, 1.54) is 0 Å². The maximum Gasteiger partial charge on any atom is 0.318 e. The Morgan fingerprint density at radius 2 is 1.51 bits per heavy atom. The van der Waals surface area contributed by atoms with E-state index >= 15 is 0 Å². The van der Waals surface area contributed by atoms with Crippen LogP contribution in [0.25, 0.3) is 0 Å². The third-order valence-corrected chi connectivity index (χ3v) is 8.61. The molecule has 0 unspecified atom stereocenters. The number of amides is 4. The Morgan fingerprint density at radius 3 is 2.09 bits per heavy atom. The van der Waals surface area contributed by atoms with Crippen molar-refractivity contribution in [2.24, 2.45) is 5.92 Å². The predicted molar refractivity (Wildman–Crippen MR) is 184 cm³/mol. The summed E-state index contributed by atoms with van der Waals surface area (Å²) in [6, 6.07) is 21.5. The highest BCUT2D eigenvalue weighted by molar-refractivity contribution is 5.87. The van der Waals surface area contributed by atoms with E-state index in [2.05, 4.69) is 16.0 Å². The van der Waals surface area contributed by atoms with E-state index in [9.17, 15) is 19.5 Å². The molecule has 0 radical (unpaired) electrons. The molecular formula is C38H50N4O5. The van der Waals surface area contributed by atoms with Crippen LogP contribution in [0.3, 0.4) is 0 Å². The Hall–Kier alpha value is -4.37. The van der Waals surface area contributed by atoms with Gasteiger partial charge in [-0.1, -0.05) is 92.2 Å². The van der Waals surface area contributed by atoms with Gasteiger partial charge in [0.1, 0.15) is 11.8 Å². The fourth-order valence-electron chi connectivity index (χ4n) is 6.48. The van der Waals surface area contributed by atoms with Gasteiger partial charge < -0.3 is 30.7 Å². The maximum atomic E-state index is 13.8. The largest absolute Gasteiger partial charge is 0.483 e. The summed E-state index contributed by atoms with van der Waals surface area (Å²) in [4.78, 5) is 41.4. The van der Waals surface area contributed by atoms with Crippen molar-refractivity contribution in [3.63, 3.8) is 0 Å². The monoisotopic (exact) mass is 642 g/mol. The summed E-state index contributed by atoms with van der Waals surface area (Å²) in [7, 11) is 0. The molecule has 3 aromatic carbocycles. The van der Waals surface area contributed by atoms with Gasteiger partial charge in [-0.05, 0) is 74.6 Å². The van der Waals surface area contributed by atoms with Crippen LogP contribution in [0.15, 0.2) is 72.8 Å². The van der Waals surface area contributed by atoms with Crippen molar-refractivity contribution < 1.29 is 24.2 Å². The van der Waals surface area contributed by atoms with Gasteiger partial charge in [-0.15, -0.1) is 0 Å². The molecule has 0 saturated carbocycles. The van der Waals surface area contributed by atoms with Crippen LogP contribution < -0.4 is 20.7 Å². The number of aliphatic hydroxyl groups excluding tert-OH is 1. The molecule has 4 amide bonds.